The molecule has 0 unspecified atom stereocenters. The molecule has 0 aromatic carbocycles. The van der Waals surface area contributed by atoms with Gasteiger partial charge in [0, 0.05) is 28.9 Å². The van der Waals surface area contributed by atoms with Crippen LogP contribution in [-0.2, 0) is 0 Å². The van der Waals surface area contributed by atoms with Crippen molar-refractivity contribution in [3.05, 3.63) is 35.8 Å². The number of hydrogen-bond donors (Lipinski definition) is 2. The van der Waals surface area contributed by atoms with Crippen LogP contribution in [0.5, 0.6) is 0 Å². The van der Waals surface area contributed by atoms with Crippen LogP contribution in [0, 0.1) is 11.8 Å². The maximum atomic E-state index is 7.35. The number of fused-ring (bicyclic) bond motifs is 1. The maximum Gasteiger partial charge on any atom is 0.154 e. The van der Waals surface area contributed by atoms with Crippen molar-refractivity contribution >= 4 is 22.5 Å². The first-order valence-corrected chi connectivity index (χ1v) is 7.15. The Morgan fingerprint density at radius 1 is 1.35 bits per heavy atom. The van der Waals surface area contributed by atoms with Gasteiger partial charge < -0.3 is 11.1 Å². The number of nitrogens with one attached hydrogen (secondary N) is 1. The second-order valence-electron chi connectivity index (χ2n) is 5.37. The molecule has 3 heterocycles. The topological polar surface area (TPSA) is 94.5 Å². The number of anilines is 2. The number of nitrogen functional groups attached to an aromatic ring is 1. The summed E-state index contributed by atoms with van der Waals surface area (Å²) >= 11 is 0. The van der Waals surface area contributed by atoms with Crippen LogP contribution in [0.1, 0.15) is 34.1 Å². The molecule has 1 aliphatic carbocycles. The van der Waals surface area contributed by atoms with Gasteiger partial charge in [-0.05, 0) is 18.9 Å². The number of nitrogens with zero attached hydrogens (tertiary/aromatic N) is 5. The van der Waals surface area contributed by atoms with E-state index < -0.39 is 6.98 Å². The Kier molecular flexibility index (Phi) is 2.41. The molecule has 0 amide bonds. The second-order valence-corrected chi connectivity index (χ2v) is 5.37. The zero-order chi connectivity index (χ0) is 18.3. The number of rotatable bonds is 2. The SMILES string of the molecule is [2H]C([2H])([2H])Nc1ncc(C#Cc2cnn(C3CC3)c2)c2cc(N)nnc12. The van der Waals surface area contributed by atoms with Gasteiger partial charge in [0.25, 0.3) is 0 Å². The van der Waals surface area contributed by atoms with Crippen LogP contribution >= 0.6 is 0 Å². The van der Waals surface area contributed by atoms with Crippen molar-refractivity contribution in [1.82, 2.24) is 25.0 Å². The van der Waals surface area contributed by atoms with Crippen molar-refractivity contribution in [2.24, 2.45) is 0 Å². The van der Waals surface area contributed by atoms with Crippen molar-refractivity contribution in [2.75, 3.05) is 18.0 Å². The molecule has 114 valence electrons. The van der Waals surface area contributed by atoms with E-state index in [4.69, 9.17) is 9.85 Å². The first kappa shape index (κ1) is 10.6. The van der Waals surface area contributed by atoms with Crippen LogP contribution in [0.25, 0.3) is 10.9 Å². The highest BCUT2D eigenvalue weighted by Crippen LogP contribution is 2.33. The molecule has 0 atom stereocenters. The first-order chi connectivity index (χ1) is 12.4. The van der Waals surface area contributed by atoms with Gasteiger partial charge in [-0.2, -0.15) is 5.10 Å². The average molecular weight is 308 g/mol. The standard InChI is InChI=1S/C16H15N7/c1-18-16-15-13(6-14(17)21-22-15)11(8-19-16)3-2-10-7-20-23(9-10)12-4-5-12/h6-9,12H,4-5H2,1H3,(H2,17,21)(H,18,19)/i1D3. The average Bonchev–Trinajstić information content (AvgIpc) is 3.31. The van der Waals surface area contributed by atoms with E-state index in [0.29, 0.717) is 22.5 Å². The Labute approximate surface area is 137 Å². The van der Waals surface area contributed by atoms with Gasteiger partial charge in [-0.1, -0.05) is 11.8 Å². The van der Waals surface area contributed by atoms with Gasteiger partial charge in [-0.25, -0.2) is 4.98 Å². The molecule has 3 aromatic heterocycles. The van der Waals surface area contributed by atoms with E-state index in [2.05, 4.69) is 37.4 Å². The fraction of sp³-hybridized carbons (Fsp3) is 0.250. The molecule has 0 aliphatic heterocycles. The van der Waals surface area contributed by atoms with E-state index >= 15 is 0 Å². The highest BCUT2D eigenvalue weighted by Gasteiger charge is 2.23. The van der Waals surface area contributed by atoms with E-state index in [1.165, 1.54) is 6.20 Å². The van der Waals surface area contributed by atoms with E-state index in [0.717, 1.165) is 18.4 Å². The van der Waals surface area contributed by atoms with E-state index in [1.54, 1.807) is 12.3 Å². The summed E-state index contributed by atoms with van der Waals surface area (Å²) in [5, 5.41) is 15.0. The fourth-order valence-corrected chi connectivity index (χ4v) is 2.32. The van der Waals surface area contributed by atoms with Gasteiger partial charge in [-0.3, -0.25) is 4.68 Å². The van der Waals surface area contributed by atoms with E-state index in [9.17, 15) is 0 Å². The third-order valence-electron chi connectivity index (χ3n) is 3.63. The minimum Gasteiger partial charge on any atom is -0.382 e. The van der Waals surface area contributed by atoms with E-state index in [1.807, 2.05) is 10.9 Å². The van der Waals surface area contributed by atoms with Crippen molar-refractivity contribution in [2.45, 2.75) is 18.9 Å². The summed E-state index contributed by atoms with van der Waals surface area (Å²) < 4.78 is 24.0. The van der Waals surface area contributed by atoms with Gasteiger partial charge in [0.15, 0.2) is 5.82 Å². The normalized spacial score (nSPS) is 16.1. The fourth-order valence-electron chi connectivity index (χ4n) is 2.32. The second kappa shape index (κ2) is 5.25. The predicted octanol–water partition coefficient (Wildman–Crippen LogP) is 1.58. The zero-order valence-corrected chi connectivity index (χ0v) is 12.1. The smallest absolute Gasteiger partial charge is 0.154 e. The quantitative estimate of drug-likeness (QED) is 0.698. The summed E-state index contributed by atoms with van der Waals surface area (Å²) in [7, 11) is 0. The molecule has 4 rings (SSSR count). The number of hydrogen-bond acceptors (Lipinski definition) is 6. The zero-order valence-electron chi connectivity index (χ0n) is 15.1. The molecule has 0 bridgehead atoms. The lowest BCUT2D eigenvalue weighted by Gasteiger charge is -2.05. The molecule has 7 heteroatoms. The Balaban J connectivity index is 1.74. The first-order valence-electron chi connectivity index (χ1n) is 8.65. The Bertz CT molecular complexity index is 1040. The summed E-state index contributed by atoms with van der Waals surface area (Å²) in [4.78, 5) is 4.14. The Morgan fingerprint density at radius 3 is 3.09 bits per heavy atom. The minimum absolute atomic E-state index is 0.111. The van der Waals surface area contributed by atoms with Crippen molar-refractivity contribution < 1.29 is 4.11 Å². The van der Waals surface area contributed by atoms with Gasteiger partial charge in [0.05, 0.1) is 23.4 Å². The Morgan fingerprint density at radius 2 is 2.26 bits per heavy atom. The van der Waals surface area contributed by atoms with Crippen LogP contribution in [0.4, 0.5) is 11.6 Å². The van der Waals surface area contributed by atoms with Crippen LogP contribution in [-0.4, -0.2) is 31.9 Å². The lowest BCUT2D eigenvalue weighted by molar-refractivity contribution is 0.641. The molecule has 23 heavy (non-hydrogen) atoms. The molecule has 3 aromatic rings. The lowest BCUT2D eigenvalue weighted by Crippen LogP contribution is -2.00. The van der Waals surface area contributed by atoms with Crippen LogP contribution < -0.4 is 11.1 Å². The van der Waals surface area contributed by atoms with Gasteiger partial charge in [0.1, 0.15) is 11.3 Å². The molecule has 1 fully saturated rings. The van der Waals surface area contributed by atoms with Gasteiger partial charge >= 0.3 is 0 Å². The monoisotopic (exact) mass is 308 g/mol. The van der Waals surface area contributed by atoms with Gasteiger partial charge in [-0.15, -0.1) is 10.2 Å². The summed E-state index contributed by atoms with van der Waals surface area (Å²) in [6.07, 6.45) is 7.44. The van der Waals surface area contributed by atoms with E-state index in [-0.39, 0.29) is 11.6 Å². The molecule has 0 spiro atoms. The molecular formula is C16H15N7. The maximum absolute atomic E-state index is 7.35. The number of pyridine rings is 1. The molecular weight excluding hydrogens is 290 g/mol. The third-order valence-corrected chi connectivity index (χ3v) is 3.63. The predicted molar refractivity (Wildman–Crippen MR) is 87.8 cm³/mol. The molecule has 7 nitrogen and oxygen atoms in total. The van der Waals surface area contributed by atoms with Crippen LogP contribution in [0.15, 0.2) is 24.7 Å². The third kappa shape index (κ3) is 2.55. The largest absolute Gasteiger partial charge is 0.382 e. The molecule has 0 saturated heterocycles. The molecule has 1 aliphatic rings. The summed E-state index contributed by atoms with van der Waals surface area (Å²) in [5.74, 6) is 6.41. The summed E-state index contributed by atoms with van der Waals surface area (Å²) in [5.41, 5.74) is 7.41. The highest BCUT2D eigenvalue weighted by atomic mass is 15.3. The molecule has 0 radical (unpaired) electrons. The van der Waals surface area contributed by atoms with Crippen molar-refractivity contribution in [3.63, 3.8) is 0 Å². The Hall–Kier alpha value is -3.14. The molecule has 3 N–H and O–H groups in total. The van der Waals surface area contributed by atoms with Crippen LogP contribution in [0.2, 0.25) is 0 Å². The van der Waals surface area contributed by atoms with Gasteiger partial charge in [0.2, 0.25) is 0 Å². The number of aromatic nitrogens is 5. The lowest BCUT2D eigenvalue weighted by atomic mass is 10.1. The molecule has 1 saturated carbocycles. The summed E-state index contributed by atoms with van der Waals surface area (Å²) in [6.45, 7) is -2.40. The van der Waals surface area contributed by atoms with Crippen molar-refractivity contribution in [1.29, 1.82) is 0 Å². The van der Waals surface area contributed by atoms with Crippen molar-refractivity contribution in [3.8, 4) is 11.8 Å². The minimum atomic E-state index is -2.40. The highest BCUT2D eigenvalue weighted by molar-refractivity contribution is 5.93. The summed E-state index contributed by atoms with van der Waals surface area (Å²) in [6, 6.07) is 2.10. The number of nitrogens with two attached hydrogens (primary N) is 1. The van der Waals surface area contributed by atoms with Crippen LogP contribution in [0.3, 0.4) is 0 Å².